The number of nitrogens with one attached hydrogen (secondary N) is 1. The molecule has 2 amide bonds. The highest BCUT2D eigenvalue weighted by Crippen LogP contribution is 2.36. The molecule has 0 spiro atoms. The molecule has 1 heterocycles. The zero-order valence-corrected chi connectivity index (χ0v) is 21.2. The van der Waals surface area contributed by atoms with Crippen molar-refractivity contribution in [3.63, 3.8) is 0 Å². The molecule has 0 bridgehead atoms. The van der Waals surface area contributed by atoms with Gasteiger partial charge < -0.3 is 14.8 Å². The number of anilines is 2. The van der Waals surface area contributed by atoms with E-state index in [1.165, 1.54) is 16.7 Å². The molecule has 0 aliphatic carbocycles. The molecule has 0 unspecified atom stereocenters. The van der Waals surface area contributed by atoms with Gasteiger partial charge in [-0.3, -0.25) is 14.5 Å². The summed E-state index contributed by atoms with van der Waals surface area (Å²) in [6.07, 6.45) is 1.77. The number of hydrogen-bond donors (Lipinski definition) is 1. The number of thioether (sulfide) groups is 1. The first-order valence-electron chi connectivity index (χ1n) is 10.9. The second-order valence-corrected chi connectivity index (χ2v) is 9.62. The highest BCUT2D eigenvalue weighted by atomic mass is 32.2. The lowest BCUT2D eigenvalue weighted by Gasteiger charge is -2.14. The Morgan fingerprint density at radius 2 is 1.83 bits per heavy atom. The number of carbonyl (C=O) groups is 2. The summed E-state index contributed by atoms with van der Waals surface area (Å²) in [7, 11) is 1.59. The number of benzene rings is 3. The van der Waals surface area contributed by atoms with Crippen LogP contribution in [-0.2, 0) is 9.59 Å². The lowest BCUT2D eigenvalue weighted by molar-refractivity contribution is -0.118. The van der Waals surface area contributed by atoms with Crippen molar-refractivity contribution >= 4 is 57.6 Å². The molecular weight excluding hydrogens is 480 g/mol. The summed E-state index contributed by atoms with van der Waals surface area (Å²) in [6.45, 7) is 3.79. The zero-order valence-electron chi connectivity index (χ0n) is 19.5. The van der Waals surface area contributed by atoms with Crippen LogP contribution in [0.1, 0.15) is 16.7 Å². The third kappa shape index (κ3) is 5.90. The molecule has 0 aromatic heterocycles. The number of nitrogens with zero attached hydrogens (tertiary/aromatic N) is 1. The lowest BCUT2D eigenvalue weighted by Crippen LogP contribution is -2.27. The molecule has 0 saturated carbocycles. The van der Waals surface area contributed by atoms with Crippen molar-refractivity contribution in [1.82, 2.24) is 0 Å². The van der Waals surface area contributed by atoms with Gasteiger partial charge in [-0.25, -0.2) is 0 Å². The second-order valence-electron chi connectivity index (χ2n) is 7.94. The van der Waals surface area contributed by atoms with Crippen LogP contribution in [0, 0.1) is 13.8 Å². The Kier molecular flexibility index (Phi) is 7.53. The average Bonchev–Trinajstić information content (AvgIpc) is 3.13. The van der Waals surface area contributed by atoms with Gasteiger partial charge in [0.05, 0.1) is 17.7 Å². The third-order valence-corrected chi connectivity index (χ3v) is 6.62. The van der Waals surface area contributed by atoms with Gasteiger partial charge in [-0.2, -0.15) is 0 Å². The fourth-order valence-corrected chi connectivity index (χ4v) is 4.77. The number of amides is 2. The van der Waals surface area contributed by atoms with Crippen LogP contribution in [-0.4, -0.2) is 29.9 Å². The molecular formula is C27H24N2O4S2. The minimum Gasteiger partial charge on any atom is -0.497 e. The van der Waals surface area contributed by atoms with Crippen molar-refractivity contribution in [3.05, 3.63) is 88.3 Å². The van der Waals surface area contributed by atoms with Crippen LogP contribution in [0.25, 0.3) is 6.08 Å². The number of methoxy groups -OCH3 is 1. The summed E-state index contributed by atoms with van der Waals surface area (Å²) in [5.41, 5.74) is 4.28. The second kappa shape index (κ2) is 10.8. The van der Waals surface area contributed by atoms with Crippen LogP contribution in [0.2, 0.25) is 0 Å². The molecule has 0 atom stereocenters. The van der Waals surface area contributed by atoms with Gasteiger partial charge in [0.25, 0.3) is 11.8 Å². The lowest BCUT2D eigenvalue weighted by atomic mass is 10.1. The predicted molar refractivity (Wildman–Crippen MR) is 145 cm³/mol. The fourth-order valence-electron chi connectivity index (χ4n) is 3.47. The third-order valence-electron chi connectivity index (χ3n) is 5.32. The van der Waals surface area contributed by atoms with Crippen molar-refractivity contribution in [1.29, 1.82) is 0 Å². The Hall–Kier alpha value is -3.62. The first-order chi connectivity index (χ1) is 16.8. The maximum Gasteiger partial charge on any atom is 0.270 e. The first-order valence-corrected chi connectivity index (χ1v) is 12.1. The molecule has 178 valence electrons. The van der Waals surface area contributed by atoms with E-state index in [9.17, 15) is 9.59 Å². The summed E-state index contributed by atoms with van der Waals surface area (Å²) in [6, 6.07) is 20.3. The van der Waals surface area contributed by atoms with E-state index in [0.29, 0.717) is 26.4 Å². The van der Waals surface area contributed by atoms with E-state index in [2.05, 4.69) is 5.32 Å². The molecule has 1 aliphatic heterocycles. The van der Waals surface area contributed by atoms with Crippen molar-refractivity contribution in [2.45, 2.75) is 13.8 Å². The molecule has 1 aliphatic rings. The summed E-state index contributed by atoms with van der Waals surface area (Å²) in [5, 5.41) is 2.88. The molecule has 1 N–H and O–H groups in total. The van der Waals surface area contributed by atoms with E-state index >= 15 is 0 Å². The van der Waals surface area contributed by atoms with Crippen LogP contribution < -0.4 is 19.7 Å². The molecule has 3 aromatic carbocycles. The monoisotopic (exact) mass is 504 g/mol. The largest absolute Gasteiger partial charge is 0.497 e. The van der Waals surface area contributed by atoms with E-state index in [0.717, 1.165) is 22.4 Å². The number of hydrogen-bond acceptors (Lipinski definition) is 6. The van der Waals surface area contributed by atoms with Gasteiger partial charge >= 0.3 is 0 Å². The normalized spacial score (nSPS) is 14.4. The summed E-state index contributed by atoms with van der Waals surface area (Å²) in [4.78, 5) is 27.4. The van der Waals surface area contributed by atoms with Crippen LogP contribution >= 0.6 is 24.0 Å². The number of aryl methyl sites for hydroxylation is 2. The quantitative estimate of drug-likeness (QED) is 0.327. The summed E-state index contributed by atoms with van der Waals surface area (Å²) >= 11 is 6.69. The Morgan fingerprint density at radius 1 is 1.06 bits per heavy atom. The Labute approximate surface area is 213 Å². The zero-order chi connectivity index (χ0) is 24.9. The molecule has 8 heteroatoms. The number of rotatable bonds is 7. The molecule has 3 aromatic rings. The maximum absolute atomic E-state index is 13.0. The smallest absolute Gasteiger partial charge is 0.270 e. The summed E-state index contributed by atoms with van der Waals surface area (Å²) < 4.78 is 11.3. The Balaban J connectivity index is 1.42. The minimum absolute atomic E-state index is 0.129. The Bertz CT molecular complexity index is 1320. The fraction of sp³-hybridized carbons (Fsp3) is 0.148. The van der Waals surface area contributed by atoms with E-state index in [1.54, 1.807) is 49.6 Å². The van der Waals surface area contributed by atoms with Crippen LogP contribution in [0.4, 0.5) is 11.4 Å². The van der Waals surface area contributed by atoms with Gasteiger partial charge in [-0.05, 0) is 79.1 Å². The SMILES string of the molecule is COc1ccc(N2C(=O)/C(=C/c3cccc(OCC(=O)Nc4cc(C)ccc4C)c3)SC2=S)cc1. The highest BCUT2D eigenvalue weighted by molar-refractivity contribution is 8.27. The van der Waals surface area contributed by atoms with Crippen LogP contribution in [0.3, 0.4) is 0 Å². The van der Waals surface area contributed by atoms with Crippen molar-refractivity contribution < 1.29 is 19.1 Å². The van der Waals surface area contributed by atoms with Gasteiger partial charge in [0.1, 0.15) is 11.5 Å². The topological polar surface area (TPSA) is 67.9 Å². The molecule has 1 fully saturated rings. The Morgan fingerprint density at radius 3 is 2.57 bits per heavy atom. The maximum atomic E-state index is 13.0. The van der Waals surface area contributed by atoms with E-state index in [-0.39, 0.29) is 18.4 Å². The van der Waals surface area contributed by atoms with Gasteiger partial charge in [0, 0.05) is 5.69 Å². The van der Waals surface area contributed by atoms with Crippen molar-refractivity contribution in [3.8, 4) is 11.5 Å². The molecule has 6 nitrogen and oxygen atoms in total. The van der Waals surface area contributed by atoms with Gasteiger partial charge in [0.15, 0.2) is 10.9 Å². The number of thiocarbonyl (C=S) groups is 1. The van der Waals surface area contributed by atoms with E-state index < -0.39 is 0 Å². The van der Waals surface area contributed by atoms with Gasteiger partial charge in [-0.1, -0.05) is 48.2 Å². The van der Waals surface area contributed by atoms with Crippen LogP contribution in [0.5, 0.6) is 11.5 Å². The van der Waals surface area contributed by atoms with Crippen molar-refractivity contribution in [2.24, 2.45) is 0 Å². The molecule has 4 rings (SSSR count). The number of ether oxygens (including phenoxy) is 2. The van der Waals surface area contributed by atoms with Gasteiger partial charge in [0.2, 0.25) is 0 Å². The molecule has 35 heavy (non-hydrogen) atoms. The number of carbonyl (C=O) groups excluding carboxylic acids is 2. The molecule has 0 radical (unpaired) electrons. The standard InChI is InChI=1S/C27H24N2O4S2/c1-17-7-8-18(2)23(13-17)28-25(30)16-33-22-6-4-5-19(14-22)15-24-26(31)29(27(34)35-24)20-9-11-21(32-3)12-10-20/h4-15H,16H2,1-3H3,(H,28,30)/b24-15-. The van der Waals surface area contributed by atoms with E-state index in [4.69, 9.17) is 21.7 Å². The van der Waals surface area contributed by atoms with Crippen LogP contribution in [0.15, 0.2) is 71.6 Å². The minimum atomic E-state index is -0.246. The average molecular weight is 505 g/mol. The van der Waals surface area contributed by atoms with E-state index in [1.807, 2.05) is 44.2 Å². The predicted octanol–water partition coefficient (Wildman–Crippen LogP) is 5.74. The first kappa shape index (κ1) is 24.5. The van der Waals surface area contributed by atoms with Crippen molar-refractivity contribution in [2.75, 3.05) is 23.9 Å². The van der Waals surface area contributed by atoms with Gasteiger partial charge in [-0.15, -0.1) is 0 Å². The highest BCUT2D eigenvalue weighted by Gasteiger charge is 2.33. The summed E-state index contributed by atoms with van der Waals surface area (Å²) in [5.74, 6) is 0.795. The molecule has 1 saturated heterocycles.